The van der Waals surface area contributed by atoms with Crippen LogP contribution in [0, 0.1) is 6.92 Å². The first-order valence-corrected chi connectivity index (χ1v) is 10.9. The molecular formula is C22H25N5O2S. The Labute approximate surface area is 180 Å². The van der Waals surface area contributed by atoms with Gasteiger partial charge in [-0.1, -0.05) is 43.0 Å². The van der Waals surface area contributed by atoms with Gasteiger partial charge in [0.1, 0.15) is 16.8 Å². The number of carbonyl (C=O) groups is 1. The lowest BCUT2D eigenvalue weighted by molar-refractivity contribution is -0.116. The summed E-state index contributed by atoms with van der Waals surface area (Å²) < 4.78 is 7.39. The van der Waals surface area contributed by atoms with E-state index in [4.69, 9.17) is 4.74 Å². The molecule has 2 atom stereocenters. The maximum atomic E-state index is 13.2. The highest BCUT2D eigenvalue weighted by Gasteiger charge is 2.37. The van der Waals surface area contributed by atoms with Crippen LogP contribution in [0.4, 0.5) is 5.69 Å². The smallest absolute Gasteiger partial charge is 0.240 e. The van der Waals surface area contributed by atoms with E-state index < -0.39 is 5.25 Å². The Morgan fingerprint density at radius 3 is 2.53 bits per heavy atom. The monoisotopic (exact) mass is 423 g/mol. The van der Waals surface area contributed by atoms with Gasteiger partial charge < -0.3 is 15.5 Å². The average molecular weight is 424 g/mol. The van der Waals surface area contributed by atoms with Gasteiger partial charge in [0.05, 0.1) is 12.6 Å². The molecule has 3 aromatic rings. The van der Waals surface area contributed by atoms with Crippen molar-refractivity contribution in [2.24, 2.45) is 0 Å². The van der Waals surface area contributed by atoms with E-state index in [0.717, 1.165) is 29.2 Å². The Hall–Kier alpha value is -3.00. The zero-order valence-electron chi connectivity index (χ0n) is 17.3. The number of aryl methyl sites for hydroxylation is 2. The van der Waals surface area contributed by atoms with E-state index in [-0.39, 0.29) is 11.9 Å². The van der Waals surface area contributed by atoms with E-state index in [1.54, 1.807) is 0 Å². The van der Waals surface area contributed by atoms with Crippen molar-refractivity contribution in [2.45, 2.75) is 43.6 Å². The van der Waals surface area contributed by atoms with Crippen LogP contribution < -0.4 is 15.5 Å². The topological polar surface area (TPSA) is 81.1 Å². The SMILES string of the molecule is CCOc1ccc([C@H]2Nn3c(C)nnc3S[C@H]2C(=O)Nc2ccc(CC)cc2)cc1. The molecule has 2 aromatic carbocycles. The Kier molecular flexibility index (Phi) is 5.94. The second-order valence-corrected chi connectivity index (χ2v) is 8.16. The molecule has 156 valence electrons. The molecule has 0 fully saturated rings. The van der Waals surface area contributed by atoms with E-state index in [1.165, 1.54) is 17.3 Å². The number of thioether (sulfide) groups is 1. The molecule has 4 rings (SSSR count). The molecular weight excluding hydrogens is 398 g/mol. The predicted molar refractivity (Wildman–Crippen MR) is 119 cm³/mol. The van der Waals surface area contributed by atoms with Gasteiger partial charge in [0.25, 0.3) is 0 Å². The largest absolute Gasteiger partial charge is 0.494 e. The van der Waals surface area contributed by atoms with Crippen LogP contribution in [0.25, 0.3) is 0 Å². The second kappa shape index (κ2) is 8.79. The number of hydrogen-bond acceptors (Lipinski definition) is 6. The highest BCUT2D eigenvalue weighted by atomic mass is 32.2. The Morgan fingerprint density at radius 2 is 1.87 bits per heavy atom. The van der Waals surface area contributed by atoms with Gasteiger partial charge in [-0.2, -0.15) is 0 Å². The fourth-order valence-corrected chi connectivity index (χ4v) is 4.51. The summed E-state index contributed by atoms with van der Waals surface area (Å²) in [5, 5.41) is 11.7. The standard InChI is InChI=1S/C22H25N5O2S/c1-4-15-6-10-17(11-7-15)23-21(28)20-19(16-8-12-18(13-9-16)29-5-2)26-27-14(3)24-25-22(27)30-20/h6-13,19-20,26H,4-5H2,1-3H3,(H,23,28)/t19-,20-/m1/s1. The predicted octanol–water partition coefficient (Wildman–Crippen LogP) is 3.95. The average Bonchev–Trinajstić information content (AvgIpc) is 3.14. The van der Waals surface area contributed by atoms with Crippen LogP contribution in [-0.2, 0) is 11.2 Å². The van der Waals surface area contributed by atoms with Crippen molar-refractivity contribution in [3.05, 3.63) is 65.5 Å². The molecule has 0 spiro atoms. The first-order chi connectivity index (χ1) is 14.6. The van der Waals surface area contributed by atoms with Crippen LogP contribution >= 0.6 is 11.8 Å². The molecule has 1 aliphatic heterocycles. The number of anilines is 1. The molecule has 2 heterocycles. The molecule has 7 nitrogen and oxygen atoms in total. The fourth-order valence-electron chi connectivity index (χ4n) is 3.39. The van der Waals surface area contributed by atoms with Gasteiger partial charge in [0.15, 0.2) is 0 Å². The normalized spacial score (nSPS) is 17.7. The minimum absolute atomic E-state index is 0.0810. The van der Waals surface area contributed by atoms with Crippen LogP contribution in [0.15, 0.2) is 53.7 Å². The van der Waals surface area contributed by atoms with Crippen molar-refractivity contribution < 1.29 is 9.53 Å². The van der Waals surface area contributed by atoms with Crippen molar-refractivity contribution >= 4 is 23.4 Å². The van der Waals surface area contributed by atoms with Crippen LogP contribution in [0.1, 0.15) is 36.8 Å². The summed E-state index contributed by atoms with van der Waals surface area (Å²) in [7, 11) is 0. The number of rotatable bonds is 6. The van der Waals surface area contributed by atoms with Gasteiger partial charge in [0.2, 0.25) is 11.1 Å². The van der Waals surface area contributed by atoms with E-state index >= 15 is 0 Å². The van der Waals surface area contributed by atoms with Gasteiger partial charge in [0, 0.05) is 5.69 Å². The van der Waals surface area contributed by atoms with Crippen molar-refractivity contribution in [1.29, 1.82) is 0 Å². The summed E-state index contributed by atoms with van der Waals surface area (Å²) in [6, 6.07) is 15.5. The molecule has 0 saturated carbocycles. The van der Waals surface area contributed by atoms with Gasteiger partial charge in [-0.05, 0) is 55.7 Å². The zero-order chi connectivity index (χ0) is 21.1. The van der Waals surface area contributed by atoms with Gasteiger partial charge >= 0.3 is 0 Å². The molecule has 0 unspecified atom stereocenters. The van der Waals surface area contributed by atoms with Gasteiger partial charge in [-0.25, -0.2) is 4.68 Å². The van der Waals surface area contributed by atoms with Gasteiger partial charge in [-0.3, -0.25) is 4.79 Å². The van der Waals surface area contributed by atoms with Gasteiger partial charge in [-0.15, -0.1) is 10.2 Å². The quantitative estimate of drug-likeness (QED) is 0.625. The molecule has 1 aliphatic rings. The molecule has 1 aromatic heterocycles. The van der Waals surface area contributed by atoms with Crippen LogP contribution in [-0.4, -0.2) is 32.6 Å². The maximum absolute atomic E-state index is 13.2. The third kappa shape index (κ3) is 4.14. The van der Waals surface area contributed by atoms with E-state index in [0.29, 0.717) is 11.8 Å². The van der Waals surface area contributed by atoms with Crippen molar-refractivity contribution in [1.82, 2.24) is 14.9 Å². The van der Waals surface area contributed by atoms with Crippen LogP contribution in [0.2, 0.25) is 0 Å². The number of carbonyl (C=O) groups excluding carboxylic acids is 1. The summed E-state index contributed by atoms with van der Waals surface area (Å²) in [4.78, 5) is 13.2. The number of fused-ring (bicyclic) bond motifs is 1. The molecule has 2 N–H and O–H groups in total. The zero-order valence-corrected chi connectivity index (χ0v) is 18.1. The number of benzene rings is 2. The van der Waals surface area contributed by atoms with Crippen LogP contribution in [0.5, 0.6) is 5.75 Å². The number of ether oxygens (including phenoxy) is 1. The fraction of sp³-hybridized carbons (Fsp3) is 0.318. The lowest BCUT2D eigenvalue weighted by Crippen LogP contribution is -2.41. The van der Waals surface area contributed by atoms with E-state index in [1.807, 2.05) is 67.1 Å². The summed E-state index contributed by atoms with van der Waals surface area (Å²) in [6.07, 6.45) is 0.964. The van der Waals surface area contributed by atoms with E-state index in [2.05, 4.69) is 27.9 Å². The summed E-state index contributed by atoms with van der Waals surface area (Å²) in [5.74, 6) is 1.48. The molecule has 0 saturated heterocycles. The van der Waals surface area contributed by atoms with Crippen molar-refractivity contribution in [3.8, 4) is 5.75 Å². The summed E-state index contributed by atoms with van der Waals surface area (Å²) >= 11 is 1.41. The minimum Gasteiger partial charge on any atom is -0.494 e. The molecule has 0 aliphatic carbocycles. The lowest BCUT2D eigenvalue weighted by Gasteiger charge is -2.32. The lowest BCUT2D eigenvalue weighted by atomic mass is 10.0. The van der Waals surface area contributed by atoms with Crippen LogP contribution in [0.3, 0.4) is 0 Å². The number of hydrogen-bond donors (Lipinski definition) is 2. The van der Waals surface area contributed by atoms with Crippen molar-refractivity contribution in [2.75, 3.05) is 17.3 Å². The Morgan fingerprint density at radius 1 is 1.13 bits per heavy atom. The molecule has 1 amide bonds. The molecule has 8 heteroatoms. The second-order valence-electron chi connectivity index (χ2n) is 7.05. The third-order valence-electron chi connectivity index (χ3n) is 5.04. The molecule has 30 heavy (non-hydrogen) atoms. The number of aromatic nitrogens is 3. The molecule has 0 bridgehead atoms. The highest BCUT2D eigenvalue weighted by molar-refractivity contribution is 8.00. The number of nitrogens with one attached hydrogen (secondary N) is 2. The van der Waals surface area contributed by atoms with E-state index in [9.17, 15) is 4.79 Å². The Bertz CT molecular complexity index is 1020. The van der Waals surface area contributed by atoms with Crippen molar-refractivity contribution in [3.63, 3.8) is 0 Å². The molecule has 0 radical (unpaired) electrons. The first kappa shape index (κ1) is 20.3. The Balaban J connectivity index is 1.61. The highest BCUT2D eigenvalue weighted by Crippen LogP contribution is 2.37. The first-order valence-electron chi connectivity index (χ1n) is 10.1. The third-order valence-corrected chi connectivity index (χ3v) is 6.25. The minimum atomic E-state index is -0.412. The summed E-state index contributed by atoms with van der Waals surface area (Å²) in [5.41, 5.74) is 6.43. The number of nitrogens with zero attached hydrogens (tertiary/aromatic N) is 3. The summed E-state index contributed by atoms with van der Waals surface area (Å²) in [6.45, 7) is 6.56. The maximum Gasteiger partial charge on any atom is 0.240 e. The number of amides is 1.